The van der Waals surface area contributed by atoms with E-state index < -0.39 is 10.0 Å². The second-order valence-electron chi connectivity index (χ2n) is 8.27. The Kier molecular flexibility index (Phi) is 6.02. The summed E-state index contributed by atoms with van der Waals surface area (Å²) in [6.45, 7) is 0.00796. The van der Waals surface area contributed by atoms with E-state index >= 15 is 0 Å². The molecule has 8 heteroatoms. The minimum Gasteiger partial charge on any atom is -0.349 e. The second kappa shape index (κ2) is 8.40. The van der Waals surface area contributed by atoms with Crippen molar-refractivity contribution >= 4 is 44.8 Å². The lowest BCUT2D eigenvalue weighted by Crippen LogP contribution is -2.38. The summed E-state index contributed by atoms with van der Waals surface area (Å²) in [6, 6.07) is 11.9. The maximum Gasteiger partial charge on any atom is 0.251 e. The van der Waals surface area contributed by atoms with Crippen LogP contribution in [0, 0.1) is 11.8 Å². The summed E-state index contributed by atoms with van der Waals surface area (Å²) in [5.41, 5.74) is 1.50. The van der Waals surface area contributed by atoms with Gasteiger partial charge in [-0.15, -0.1) is 0 Å². The molecule has 2 aromatic carbocycles. The molecule has 2 aromatic rings. The van der Waals surface area contributed by atoms with E-state index in [9.17, 15) is 13.2 Å². The molecule has 4 rings (SSSR count). The maximum atomic E-state index is 12.7. The first-order valence-electron chi connectivity index (χ1n) is 10.0. The summed E-state index contributed by atoms with van der Waals surface area (Å²) in [4.78, 5) is 12.7. The molecule has 2 saturated carbocycles. The van der Waals surface area contributed by atoms with Gasteiger partial charge in [0.15, 0.2) is 0 Å². The number of carbonyl (C=O) groups is 1. The van der Waals surface area contributed by atoms with Crippen LogP contribution in [-0.4, -0.2) is 26.6 Å². The van der Waals surface area contributed by atoms with Crippen molar-refractivity contribution in [2.75, 3.05) is 10.6 Å². The molecule has 30 heavy (non-hydrogen) atoms. The molecule has 160 valence electrons. The molecule has 3 atom stereocenters. The van der Waals surface area contributed by atoms with Crippen LogP contribution in [0.5, 0.6) is 0 Å². The minimum atomic E-state index is -3.59. The molecule has 5 nitrogen and oxygen atoms in total. The van der Waals surface area contributed by atoms with Gasteiger partial charge in [0.05, 0.1) is 18.5 Å². The predicted octanol–water partition coefficient (Wildman–Crippen LogP) is 4.88. The zero-order chi connectivity index (χ0) is 21.5. The summed E-state index contributed by atoms with van der Waals surface area (Å²) in [7, 11) is -3.59. The number of fused-ring (bicyclic) bond motifs is 2. The van der Waals surface area contributed by atoms with Crippen molar-refractivity contribution in [3.8, 4) is 0 Å². The Hall–Kier alpha value is -1.76. The summed E-state index contributed by atoms with van der Waals surface area (Å²) < 4.78 is 26.1. The molecule has 0 heterocycles. The van der Waals surface area contributed by atoms with Gasteiger partial charge in [0.25, 0.3) is 5.91 Å². The molecule has 1 amide bonds. The molecule has 0 radical (unpaired) electrons. The molecule has 0 saturated heterocycles. The molecule has 2 aliphatic rings. The zero-order valence-electron chi connectivity index (χ0n) is 16.6. The molecule has 0 spiro atoms. The Morgan fingerprint density at radius 3 is 2.27 bits per heavy atom. The van der Waals surface area contributed by atoms with E-state index in [1.54, 1.807) is 42.5 Å². The molecule has 3 unspecified atom stereocenters. The molecular weight excluding hydrogens is 443 g/mol. The number of rotatable bonds is 6. The van der Waals surface area contributed by atoms with Crippen LogP contribution in [0.25, 0.3) is 0 Å². The van der Waals surface area contributed by atoms with Gasteiger partial charge in [0, 0.05) is 27.2 Å². The van der Waals surface area contributed by atoms with Gasteiger partial charge in [0.1, 0.15) is 0 Å². The molecule has 0 aliphatic heterocycles. The van der Waals surface area contributed by atoms with Crippen LogP contribution in [0.2, 0.25) is 10.0 Å². The van der Waals surface area contributed by atoms with Crippen molar-refractivity contribution < 1.29 is 13.2 Å². The van der Waals surface area contributed by atoms with Crippen molar-refractivity contribution in [2.24, 2.45) is 11.8 Å². The number of carbonyl (C=O) groups excluding carboxylic acids is 1. The lowest BCUT2D eigenvalue weighted by Gasteiger charge is -2.24. The zero-order valence-corrected chi connectivity index (χ0v) is 19.0. The number of hydrogen-bond acceptors (Lipinski definition) is 3. The van der Waals surface area contributed by atoms with E-state index in [0.717, 1.165) is 18.6 Å². The third kappa shape index (κ3) is 4.46. The molecular formula is C22H24Cl2N2O3S. The molecule has 2 aliphatic carbocycles. The van der Waals surface area contributed by atoms with E-state index in [2.05, 4.69) is 5.32 Å². The van der Waals surface area contributed by atoms with E-state index in [1.165, 1.54) is 23.6 Å². The third-order valence-electron chi connectivity index (χ3n) is 6.24. The Labute approximate surface area is 187 Å². The van der Waals surface area contributed by atoms with Gasteiger partial charge in [0.2, 0.25) is 10.0 Å². The van der Waals surface area contributed by atoms with E-state index in [0.29, 0.717) is 32.8 Å². The lowest BCUT2D eigenvalue weighted by atomic mass is 9.95. The number of nitrogens with one attached hydrogen (secondary N) is 1. The highest BCUT2D eigenvalue weighted by atomic mass is 35.5. The molecule has 0 aromatic heterocycles. The minimum absolute atomic E-state index is 0.00796. The second-order valence-corrected chi connectivity index (χ2v) is 11.0. The number of amides is 1. The molecule has 2 fully saturated rings. The van der Waals surface area contributed by atoms with Gasteiger partial charge in [-0.2, -0.15) is 0 Å². The van der Waals surface area contributed by atoms with Crippen LogP contribution in [0.4, 0.5) is 5.69 Å². The van der Waals surface area contributed by atoms with Crippen LogP contribution in [0.15, 0.2) is 42.5 Å². The summed E-state index contributed by atoms with van der Waals surface area (Å²) in [6.07, 6.45) is 5.89. The van der Waals surface area contributed by atoms with Gasteiger partial charge in [-0.3, -0.25) is 9.10 Å². The fourth-order valence-corrected chi connectivity index (χ4v) is 6.06. The van der Waals surface area contributed by atoms with Gasteiger partial charge in [-0.05, 0) is 67.5 Å². The van der Waals surface area contributed by atoms with Crippen molar-refractivity contribution in [1.29, 1.82) is 0 Å². The average Bonchev–Trinajstić information content (AvgIpc) is 3.30. The predicted molar refractivity (Wildman–Crippen MR) is 121 cm³/mol. The molecule has 2 bridgehead atoms. The number of sulfonamides is 1. The van der Waals surface area contributed by atoms with Gasteiger partial charge in [-0.1, -0.05) is 35.7 Å². The normalized spacial score (nSPS) is 22.8. The van der Waals surface area contributed by atoms with E-state index in [1.807, 2.05) is 0 Å². The average molecular weight is 467 g/mol. The Morgan fingerprint density at radius 2 is 1.73 bits per heavy atom. The van der Waals surface area contributed by atoms with Crippen molar-refractivity contribution in [1.82, 2.24) is 5.32 Å². The van der Waals surface area contributed by atoms with Crippen LogP contribution in [-0.2, 0) is 16.6 Å². The van der Waals surface area contributed by atoms with Gasteiger partial charge >= 0.3 is 0 Å². The molecule has 1 N–H and O–H groups in total. The highest BCUT2D eigenvalue weighted by Crippen LogP contribution is 2.44. The van der Waals surface area contributed by atoms with Crippen LogP contribution < -0.4 is 9.62 Å². The van der Waals surface area contributed by atoms with Crippen LogP contribution in [0.1, 0.15) is 41.6 Å². The summed E-state index contributed by atoms with van der Waals surface area (Å²) in [5, 5.41) is 3.96. The first kappa shape index (κ1) is 21.5. The first-order valence-corrected chi connectivity index (χ1v) is 12.6. The number of hydrogen-bond donors (Lipinski definition) is 1. The maximum absolute atomic E-state index is 12.7. The fourth-order valence-electron chi connectivity index (χ4n) is 4.68. The summed E-state index contributed by atoms with van der Waals surface area (Å²) >= 11 is 12.5. The van der Waals surface area contributed by atoms with E-state index in [-0.39, 0.29) is 18.5 Å². The Morgan fingerprint density at radius 1 is 1.07 bits per heavy atom. The van der Waals surface area contributed by atoms with Crippen LogP contribution >= 0.6 is 23.2 Å². The highest BCUT2D eigenvalue weighted by Gasteiger charge is 2.40. The van der Waals surface area contributed by atoms with Crippen molar-refractivity contribution in [3.63, 3.8) is 0 Å². The number of anilines is 1. The Bertz CT molecular complexity index is 1040. The highest BCUT2D eigenvalue weighted by molar-refractivity contribution is 7.92. The third-order valence-corrected chi connectivity index (χ3v) is 8.08. The number of benzene rings is 2. The standard InChI is InChI=1S/C22H24Cl2N2O3S/c1-30(28,29)26(13-18-19(23)3-2-4-20(18)24)17-9-7-15(8-10-17)22(27)25-21-12-14-5-6-16(21)11-14/h2-4,7-10,14,16,21H,5-6,11-13H2,1H3,(H,25,27). The quantitative estimate of drug-likeness (QED) is 0.659. The smallest absolute Gasteiger partial charge is 0.251 e. The first-order chi connectivity index (χ1) is 14.2. The Balaban J connectivity index is 1.52. The largest absolute Gasteiger partial charge is 0.349 e. The van der Waals surface area contributed by atoms with Crippen molar-refractivity contribution in [3.05, 3.63) is 63.6 Å². The van der Waals surface area contributed by atoms with Crippen LogP contribution in [0.3, 0.4) is 0 Å². The number of nitrogens with zero attached hydrogens (tertiary/aromatic N) is 1. The lowest BCUT2D eigenvalue weighted by molar-refractivity contribution is 0.0923. The van der Waals surface area contributed by atoms with Crippen molar-refractivity contribution in [2.45, 2.75) is 38.3 Å². The van der Waals surface area contributed by atoms with Gasteiger partial charge < -0.3 is 5.32 Å². The van der Waals surface area contributed by atoms with Gasteiger partial charge in [-0.25, -0.2) is 8.42 Å². The monoisotopic (exact) mass is 466 g/mol. The fraction of sp³-hybridized carbons (Fsp3) is 0.409. The topological polar surface area (TPSA) is 66.5 Å². The summed E-state index contributed by atoms with van der Waals surface area (Å²) in [5.74, 6) is 1.24. The SMILES string of the molecule is CS(=O)(=O)N(Cc1c(Cl)cccc1Cl)c1ccc(C(=O)NC2CC3CCC2C3)cc1. The number of halogens is 2. The van der Waals surface area contributed by atoms with E-state index in [4.69, 9.17) is 23.2 Å².